The first-order valence-electron chi connectivity index (χ1n) is 8.73. The number of anilines is 1. The summed E-state index contributed by atoms with van der Waals surface area (Å²) < 4.78 is 5.06. The van der Waals surface area contributed by atoms with E-state index in [9.17, 15) is 4.79 Å². The molecule has 1 aromatic heterocycles. The van der Waals surface area contributed by atoms with Crippen molar-refractivity contribution in [3.05, 3.63) is 47.3 Å². The van der Waals surface area contributed by atoms with Crippen molar-refractivity contribution < 1.29 is 9.32 Å². The quantitative estimate of drug-likeness (QED) is 0.914. The van der Waals surface area contributed by atoms with E-state index in [1.165, 1.54) is 18.5 Å². The molecular formula is C19H25N3O2. The molecule has 1 aliphatic rings. The molecule has 24 heavy (non-hydrogen) atoms. The highest BCUT2D eigenvalue weighted by Gasteiger charge is 2.16. The molecule has 1 aromatic carbocycles. The van der Waals surface area contributed by atoms with Crippen LogP contribution in [0.5, 0.6) is 0 Å². The van der Waals surface area contributed by atoms with Crippen LogP contribution in [0.25, 0.3) is 0 Å². The molecule has 0 saturated carbocycles. The van der Waals surface area contributed by atoms with Gasteiger partial charge in [-0.3, -0.25) is 4.79 Å². The van der Waals surface area contributed by atoms with Crippen molar-refractivity contribution in [1.82, 2.24) is 10.5 Å². The Bertz CT molecular complexity index is 678. The van der Waals surface area contributed by atoms with E-state index < -0.39 is 0 Å². The Balaban J connectivity index is 1.55. The molecule has 5 nitrogen and oxygen atoms in total. The van der Waals surface area contributed by atoms with Crippen LogP contribution in [0.3, 0.4) is 0 Å². The number of carbonyl (C=O) groups is 1. The molecule has 2 aromatic rings. The van der Waals surface area contributed by atoms with E-state index >= 15 is 0 Å². The summed E-state index contributed by atoms with van der Waals surface area (Å²) in [5, 5.41) is 6.67. The highest BCUT2D eigenvalue weighted by atomic mass is 16.5. The Morgan fingerprint density at radius 1 is 1.38 bits per heavy atom. The summed E-state index contributed by atoms with van der Waals surface area (Å²) in [6.07, 6.45) is 3.32. The Kier molecular flexibility index (Phi) is 5.18. The van der Waals surface area contributed by atoms with E-state index in [4.69, 9.17) is 4.52 Å². The molecule has 0 radical (unpaired) electrons. The number of amides is 1. The summed E-state index contributed by atoms with van der Waals surface area (Å²) >= 11 is 0. The highest BCUT2D eigenvalue weighted by molar-refractivity contribution is 5.92. The fourth-order valence-corrected chi connectivity index (χ4v) is 3.11. The predicted octanol–water partition coefficient (Wildman–Crippen LogP) is 3.40. The summed E-state index contributed by atoms with van der Waals surface area (Å²) in [5.41, 5.74) is 2.68. The van der Waals surface area contributed by atoms with Gasteiger partial charge < -0.3 is 14.7 Å². The molecule has 1 unspecified atom stereocenters. The first kappa shape index (κ1) is 16.6. The molecule has 1 N–H and O–H groups in total. The van der Waals surface area contributed by atoms with Crippen molar-refractivity contribution in [2.75, 3.05) is 18.0 Å². The molecule has 1 amide bonds. The Hall–Kier alpha value is -2.30. The molecule has 1 atom stereocenters. The Morgan fingerprint density at radius 2 is 2.17 bits per heavy atom. The van der Waals surface area contributed by atoms with Crippen molar-refractivity contribution in [1.29, 1.82) is 0 Å². The molecule has 3 rings (SSSR count). The number of piperidine rings is 1. The van der Waals surface area contributed by atoms with Gasteiger partial charge in [-0.05, 0) is 36.5 Å². The topological polar surface area (TPSA) is 58.4 Å². The fraction of sp³-hybridized carbons (Fsp3) is 0.474. The van der Waals surface area contributed by atoms with Crippen LogP contribution in [0.1, 0.15) is 48.5 Å². The Morgan fingerprint density at radius 3 is 2.83 bits per heavy atom. The van der Waals surface area contributed by atoms with E-state index in [1.807, 2.05) is 6.92 Å². The van der Waals surface area contributed by atoms with Gasteiger partial charge in [-0.2, -0.15) is 0 Å². The Labute approximate surface area is 143 Å². The number of rotatable bonds is 5. The van der Waals surface area contributed by atoms with Crippen molar-refractivity contribution in [2.24, 2.45) is 5.92 Å². The van der Waals surface area contributed by atoms with Crippen LogP contribution in [0, 0.1) is 5.92 Å². The monoisotopic (exact) mass is 327 g/mol. The SMILES string of the molecule is CCc1cc(C(=O)NCc2ccc(N3CCCC(C)C3)cc2)no1. The lowest BCUT2D eigenvalue weighted by atomic mass is 9.99. The summed E-state index contributed by atoms with van der Waals surface area (Å²) in [4.78, 5) is 14.5. The first-order chi connectivity index (χ1) is 11.7. The summed E-state index contributed by atoms with van der Waals surface area (Å²) in [6.45, 7) is 7.02. The average molecular weight is 327 g/mol. The van der Waals surface area contributed by atoms with Crippen LogP contribution < -0.4 is 10.2 Å². The van der Waals surface area contributed by atoms with Crippen molar-refractivity contribution in [2.45, 2.75) is 39.7 Å². The average Bonchev–Trinajstić information content (AvgIpc) is 3.09. The normalized spacial score (nSPS) is 17.8. The minimum absolute atomic E-state index is 0.201. The summed E-state index contributed by atoms with van der Waals surface area (Å²) in [7, 11) is 0. The van der Waals surface area contributed by atoms with Crippen LogP contribution in [0.15, 0.2) is 34.9 Å². The maximum atomic E-state index is 12.1. The maximum absolute atomic E-state index is 12.1. The lowest BCUT2D eigenvalue weighted by Gasteiger charge is -2.32. The number of nitrogens with zero attached hydrogens (tertiary/aromatic N) is 2. The molecule has 1 fully saturated rings. The van der Waals surface area contributed by atoms with Crippen LogP contribution >= 0.6 is 0 Å². The van der Waals surface area contributed by atoms with Crippen molar-refractivity contribution in [3.8, 4) is 0 Å². The van der Waals surface area contributed by atoms with Gasteiger partial charge in [0.2, 0.25) is 0 Å². The largest absolute Gasteiger partial charge is 0.371 e. The van der Waals surface area contributed by atoms with E-state index in [0.717, 1.165) is 36.8 Å². The highest BCUT2D eigenvalue weighted by Crippen LogP contribution is 2.23. The second kappa shape index (κ2) is 7.51. The van der Waals surface area contributed by atoms with Crippen LogP contribution in [0.2, 0.25) is 0 Å². The number of carbonyl (C=O) groups excluding carboxylic acids is 1. The van der Waals surface area contributed by atoms with E-state index in [0.29, 0.717) is 12.2 Å². The standard InChI is InChI=1S/C19H25N3O2/c1-3-17-11-18(21-24-17)19(23)20-12-15-6-8-16(9-7-15)22-10-4-5-14(2)13-22/h6-9,11,14H,3-5,10,12-13H2,1-2H3,(H,20,23). The third kappa shape index (κ3) is 3.96. The van der Waals surface area contributed by atoms with E-state index in [1.54, 1.807) is 6.07 Å². The zero-order valence-electron chi connectivity index (χ0n) is 14.4. The molecule has 1 aliphatic heterocycles. The fourth-order valence-electron chi connectivity index (χ4n) is 3.11. The third-order valence-electron chi connectivity index (χ3n) is 4.55. The van der Waals surface area contributed by atoms with Crippen molar-refractivity contribution in [3.63, 3.8) is 0 Å². The zero-order chi connectivity index (χ0) is 16.9. The van der Waals surface area contributed by atoms with Crippen LogP contribution in [-0.2, 0) is 13.0 Å². The molecule has 0 bridgehead atoms. The minimum atomic E-state index is -0.201. The molecular weight excluding hydrogens is 302 g/mol. The van der Waals surface area contributed by atoms with Crippen molar-refractivity contribution >= 4 is 11.6 Å². The lowest BCUT2D eigenvalue weighted by Crippen LogP contribution is -2.34. The van der Waals surface area contributed by atoms with Gasteiger partial charge in [0.1, 0.15) is 5.76 Å². The number of benzene rings is 1. The van der Waals surface area contributed by atoms with Crippen LogP contribution in [-0.4, -0.2) is 24.2 Å². The first-order valence-corrected chi connectivity index (χ1v) is 8.73. The molecule has 0 aliphatic carbocycles. The molecule has 2 heterocycles. The van der Waals surface area contributed by atoms with Gasteiger partial charge in [0.25, 0.3) is 5.91 Å². The van der Waals surface area contributed by atoms with Gasteiger partial charge in [0.05, 0.1) is 0 Å². The summed E-state index contributed by atoms with van der Waals surface area (Å²) in [5.74, 6) is 1.28. The van der Waals surface area contributed by atoms with Gasteiger partial charge in [-0.15, -0.1) is 0 Å². The zero-order valence-corrected chi connectivity index (χ0v) is 14.4. The molecule has 5 heteroatoms. The predicted molar refractivity (Wildman–Crippen MR) is 94.1 cm³/mol. The second-order valence-electron chi connectivity index (χ2n) is 6.57. The lowest BCUT2D eigenvalue weighted by molar-refractivity contribution is 0.0941. The van der Waals surface area contributed by atoms with Gasteiger partial charge in [0, 0.05) is 37.8 Å². The number of aromatic nitrogens is 1. The van der Waals surface area contributed by atoms with Gasteiger partial charge in [0.15, 0.2) is 5.69 Å². The number of nitrogens with one attached hydrogen (secondary N) is 1. The third-order valence-corrected chi connectivity index (χ3v) is 4.55. The number of hydrogen-bond donors (Lipinski definition) is 1. The molecule has 0 spiro atoms. The van der Waals surface area contributed by atoms with E-state index in [-0.39, 0.29) is 5.91 Å². The van der Waals surface area contributed by atoms with Gasteiger partial charge in [-0.1, -0.05) is 31.1 Å². The second-order valence-corrected chi connectivity index (χ2v) is 6.57. The van der Waals surface area contributed by atoms with Gasteiger partial charge >= 0.3 is 0 Å². The smallest absolute Gasteiger partial charge is 0.273 e. The molecule has 128 valence electrons. The number of aryl methyl sites for hydroxylation is 1. The summed E-state index contributed by atoms with van der Waals surface area (Å²) in [6, 6.07) is 10.1. The van der Waals surface area contributed by atoms with Crippen LogP contribution in [0.4, 0.5) is 5.69 Å². The number of hydrogen-bond acceptors (Lipinski definition) is 4. The van der Waals surface area contributed by atoms with Gasteiger partial charge in [-0.25, -0.2) is 0 Å². The minimum Gasteiger partial charge on any atom is -0.371 e. The maximum Gasteiger partial charge on any atom is 0.273 e. The van der Waals surface area contributed by atoms with E-state index in [2.05, 4.69) is 46.6 Å². The molecule has 1 saturated heterocycles.